The van der Waals surface area contributed by atoms with Crippen LogP contribution in [0.2, 0.25) is 0 Å². The molecule has 1 aromatic heterocycles. The topological polar surface area (TPSA) is 27.8 Å². The molecule has 1 aromatic carbocycles. The Balaban J connectivity index is 2.16. The summed E-state index contributed by atoms with van der Waals surface area (Å²) in [7, 11) is 2.04. The van der Waals surface area contributed by atoms with E-state index in [2.05, 4.69) is 34.6 Å². The van der Waals surface area contributed by atoms with Gasteiger partial charge in [-0.05, 0) is 43.9 Å². The molecule has 1 unspecified atom stereocenters. The monoisotopic (exact) mass is 214 g/mol. The van der Waals surface area contributed by atoms with Crippen LogP contribution in [-0.2, 0) is 6.42 Å². The highest BCUT2D eigenvalue weighted by molar-refractivity contribution is 5.85. The second kappa shape index (κ2) is 3.95. The van der Waals surface area contributed by atoms with Crippen molar-refractivity contribution in [1.82, 2.24) is 10.3 Å². The minimum absolute atomic E-state index is 0.685. The third kappa shape index (κ3) is 1.45. The van der Waals surface area contributed by atoms with Crippen molar-refractivity contribution >= 4 is 10.9 Å². The van der Waals surface area contributed by atoms with E-state index < -0.39 is 0 Å². The first-order valence-corrected chi connectivity index (χ1v) is 6.14. The van der Waals surface area contributed by atoms with Crippen molar-refractivity contribution in [3.63, 3.8) is 0 Å². The van der Waals surface area contributed by atoms with E-state index in [0.29, 0.717) is 5.92 Å². The zero-order chi connectivity index (χ0) is 11.0. The third-order valence-electron chi connectivity index (χ3n) is 3.67. The highest BCUT2D eigenvalue weighted by Crippen LogP contribution is 2.36. The molecule has 16 heavy (non-hydrogen) atoms. The summed E-state index contributed by atoms with van der Waals surface area (Å²) in [5, 5.41) is 4.75. The Kier molecular flexibility index (Phi) is 2.44. The van der Waals surface area contributed by atoms with Crippen molar-refractivity contribution in [3.8, 4) is 0 Å². The van der Waals surface area contributed by atoms with Gasteiger partial charge in [0.25, 0.3) is 0 Å². The SMILES string of the molecule is CNCC1CCCc2[nH]c3ccccc3c21. The molecule has 0 radical (unpaired) electrons. The van der Waals surface area contributed by atoms with Crippen LogP contribution in [0.5, 0.6) is 0 Å². The Morgan fingerprint density at radius 1 is 1.38 bits per heavy atom. The van der Waals surface area contributed by atoms with Gasteiger partial charge >= 0.3 is 0 Å². The summed E-state index contributed by atoms with van der Waals surface area (Å²) in [5.74, 6) is 0.685. The number of aromatic nitrogens is 1. The van der Waals surface area contributed by atoms with Gasteiger partial charge in [0, 0.05) is 23.1 Å². The van der Waals surface area contributed by atoms with E-state index in [1.54, 1.807) is 5.56 Å². The van der Waals surface area contributed by atoms with Gasteiger partial charge in [0.05, 0.1) is 0 Å². The maximum absolute atomic E-state index is 3.58. The van der Waals surface area contributed by atoms with Gasteiger partial charge in [0.2, 0.25) is 0 Å². The molecule has 1 heterocycles. The molecular formula is C14H18N2. The van der Waals surface area contributed by atoms with Gasteiger partial charge in [-0.3, -0.25) is 0 Å². The molecule has 2 aromatic rings. The van der Waals surface area contributed by atoms with Gasteiger partial charge in [0.15, 0.2) is 0 Å². The summed E-state index contributed by atoms with van der Waals surface area (Å²) in [6.45, 7) is 1.09. The van der Waals surface area contributed by atoms with Crippen molar-refractivity contribution in [2.24, 2.45) is 0 Å². The molecule has 0 amide bonds. The quantitative estimate of drug-likeness (QED) is 0.790. The van der Waals surface area contributed by atoms with Crippen molar-refractivity contribution in [2.75, 3.05) is 13.6 Å². The van der Waals surface area contributed by atoms with Gasteiger partial charge < -0.3 is 10.3 Å². The average Bonchev–Trinajstić information content (AvgIpc) is 2.68. The van der Waals surface area contributed by atoms with Crippen molar-refractivity contribution in [2.45, 2.75) is 25.2 Å². The summed E-state index contributed by atoms with van der Waals surface area (Å²) in [5.41, 5.74) is 4.33. The van der Waals surface area contributed by atoms with E-state index in [-0.39, 0.29) is 0 Å². The molecule has 2 nitrogen and oxygen atoms in total. The van der Waals surface area contributed by atoms with Crippen molar-refractivity contribution < 1.29 is 0 Å². The van der Waals surface area contributed by atoms with E-state index >= 15 is 0 Å². The fraction of sp³-hybridized carbons (Fsp3) is 0.429. The predicted octanol–water partition coefficient (Wildman–Crippen LogP) is 2.81. The Morgan fingerprint density at radius 2 is 2.25 bits per heavy atom. The minimum atomic E-state index is 0.685. The van der Waals surface area contributed by atoms with E-state index in [1.165, 1.54) is 35.9 Å². The lowest BCUT2D eigenvalue weighted by atomic mass is 9.85. The Labute approximate surface area is 96.1 Å². The molecule has 0 saturated heterocycles. The molecule has 0 fully saturated rings. The molecule has 2 heteroatoms. The molecule has 0 aliphatic heterocycles. The zero-order valence-corrected chi connectivity index (χ0v) is 9.72. The molecule has 0 spiro atoms. The molecule has 1 aliphatic carbocycles. The summed E-state index contributed by atoms with van der Waals surface area (Å²) in [6.07, 6.45) is 3.84. The molecular weight excluding hydrogens is 196 g/mol. The second-order valence-corrected chi connectivity index (χ2v) is 4.71. The summed E-state index contributed by atoms with van der Waals surface area (Å²) in [6, 6.07) is 8.68. The summed E-state index contributed by atoms with van der Waals surface area (Å²) in [4.78, 5) is 3.58. The lowest BCUT2D eigenvalue weighted by Gasteiger charge is -2.22. The number of H-pyrrole nitrogens is 1. The van der Waals surface area contributed by atoms with Crippen LogP contribution in [0.25, 0.3) is 10.9 Å². The van der Waals surface area contributed by atoms with Crippen LogP contribution in [-0.4, -0.2) is 18.6 Å². The van der Waals surface area contributed by atoms with Crippen LogP contribution in [0.3, 0.4) is 0 Å². The fourth-order valence-corrected chi connectivity index (χ4v) is 3.00. The normalized spacial score (nSPS) is 19.9. The molecule has 3 rings (SSSR count). The van der Waals surface area contributed by atoms with Gasteiger partial charge in [-0.25, -0.2) is 0 Å². The Bertz CT molecular complexity index is 498. The van der Waals surface area contributed by atoms with E-state index in [4.69, 9.17) is 0 Å². The number of likely N-dealkylation sites (N-methyl/N-ethyl adjacent to an activating group) is 1. The third-order valence-corrected chi connectivity index (χ3v) is 3.67. The van der Waals surface area contributed by atoms with Crippen LogP contribution < -0.4 is 5.32 Å². The number of fused-ring (bicyclic) bond motifs is 3. The van der Waals surface area contributed by atoms with Gasteiger partial charge in [-0.1, -0.05) is 18.2 Å². The van der Waals surface area contributed by atoms with Crippen LogP contribution in [0, 0.1) is 0 Å². The minimum Gasteiger partial charge on any atom is -0.358 e. The molecule has 1 atom stereocenters. The molecule has 1 aliphatic rings. The number of benzene rings is 1. The summed E-state index contributed by atoms with van der Waals surface area (Å²) < 4.78 is 0. The first kappa shape index (κ1) is 9.91. The number of hydrogen-bond donors (Lipinski definition) is 2. The number of hydrogen-bond acceptors (Lipinski definition) is 1. The van der Waals surface area contributed by atoms with Crippen LogP contribution in [0.1, 0.15) is 30.0 Å². The predicted molar refractivity (Wildman–Crippen MR) is 67.9 cm³/mol. The lowest BCUT2D eigenvalue weighted by Crippen LogP contribution is -2.20. The highest BCUT2D eigenvalue weighted by Gasteiger charge is 2.23. The van der Waals surface area contributed by atoms with E-state index in [0.717, 1.165) is 6.54 Å². The van der Waals surface area contributed by atoms with E-state index in [1.807, 2.05) is 7.05 Å². The van der Waals surface area contributed by atoms with Crippen molar-refractivity contribution in [1.29, 1.82) is 0 Å². The van der Waals surface area contributed by atoms with Crippen LogP contribution in [0.4, 0.5) is 0 Å². The molecule has 2 N–H and O–H groups in total. The average molecular weight is 214 g/mol. The second-order valence-electron chi connectivity index (χ2n) is 4.71. The van der Waals surface area contributed by atoms with Crippen LogP contribution >= 0.6 is 0 Å². The smallest absolute Gasteiger partial charge is 0.0459 e. The number of aryl methyl sites for hydroxylation is 1. The molecule has 0 bridgehead atoms. The van der Waals surface area contributed by atoms with Gasteiger partial charge in [0.1, 0.15) is 0 Å². The van der Waals surface area contributed by atoms with Gasteiger partial charge in [-0.2, -0.15) is 0 Å². The number of rotatable bonds is 2. The van der Waals surface area contributed by atoms with Crippen molar-refractivity contribution in [3.05, 3.63) is 35.5 Å². The number of aromatic amines is 1. The Hall–Kier alpha value is -1.28. The van der Waals surface area contributed by atoms with Gasteiger partial charge in [-0.15, -0.1) is 0 Å². The highest BCUT2D eigenvalue weighted by atomic mass is 14.8. The van der Waals surface area contributed by atoms with Crippen LogP contribution in [0.15, 0.2) is 24.3 Å². The largest absolute Gasteiger partial charge is 0.358 e. The first-order valence-electron chi connectivity index (χ1n) is 6.14. The van der Waals surface area contributed by atoms with E-state index in [9.17, 15) is 0 Å². The first-order chi connectivity index (χ1) is 7.90. The number of para-hydroxylation sites is 1. The molecule has 0 saturated carbocycles. The Morgan fingerprint density at radius 3 is 3.12 bits per heavy atom. The lowest BCUT2D eigenvalue weighted by molar-refractivity contribution is 0.529. The maximum Gasteiger partial charge on any atom is 0.0459 e. The molecule has 84 valence electrons. The fourth-order valence-electron chi connectivity index (χ4n) is 3.00. The maximum atomic E-state index is 3.58. The number of nitrogens with one attached hydrogen (secondary N) is 2. The standard InChI is InChI=1S/C14H18N2/c1-15-9-10-5-4-8-13-14(10)11-6-2-3-7-12(11)16-13/h2-3,6-7,10,15-16H,4-5,8-9H2,1H3. The zero-order valence-electron chi connectivity index (χ0n) is 9.72. The summed E-state index contributed by atoms with van der Waals surface area (Å²) >= 11 is 0.